The molecule has 2 N–H and O–H groups in total. The van der Waals surface area contributed by atoms with Crippen LogP contribution in [0.5, 0.6) is 0 Å². The second kappa shape index (κ2) is 9.78. The number of fused-ring (bicyclic) bond motifs is 1. The molecule has 0 bridgehead atoms. The number of likely N-dealkylation sites (tertiary alicyclic amines) is 1. The fourth-order valence-electron chi connectivity index (χ4n) is 4.47. The molecule has 4 rings (SSSR count). The van der Waals surface area contributed by atoms with Gasteiger partial charge in [0, 0.05) is 41.5 Å². The second-order valence-corrected chi connectivity index (χ2v) is 9.47. The number of nitrogens with one attached hydrogen (secondary N) is 2. The van der Waals surface area contributed by atoms with Gasteiger partial charge in [-0.3, -0.25) is 4.79 Å². The topological polar surface area (TPSA) is 57.3 Å². The van der Waals surface area contributed by atoms with Crippen molar-refractivity contribution in [2.24, 2.45) is 11.8 Å². The van der Waals surface area contributed by atoms with E-state index in [1.54, 1.807) is 30.4 Å². The van der Waals surface area contributed by atoms with E-state index >= 15 is 0 Å². The van der Waals surface area contributed by atoms with Gasteiger partial charge in [-0.25, -0.2) is 4.98 Å². The van der Waals surface area contributed by atoms with Gasteiger partial charge in [-0.05, 0) is 57.0 Å². The zero-order chi connectivity index (χ0) is 24.5. The summed E-state index contributed by atoms with van der Waals surface area (Å²) in [6, 6.07) is 7.32. The van der Waals surface area contributed by atoms with Crippen molar-refractivity contribution in [2.45, 2.75) is 38.4 Å². The molecule has 1 aliphatic heterocycles. The van der Waals surface area contributed by atoms with Crippen molar-refractivity contribution in [1.29, 1.82) is 0 Å². The number of aromatic nitrogens is 1. The lowest BCUT2D eigenvalue weighted by Gasteiger charge is -2.36. The van der Waals surface area contributed by atoms with E-state index in [1.165, 1.54) is 0 Å². The largest absolute Gasteiger partial charge is 0.417 e. The minimum Gasteiger partial charge on any atom is -0.381 e. The van der Waals surface area contributed by atoms with Gasteiger partial charge in [-0.1, -0.05) is 31.7 Å². The number of nitrogens with zero attached hydrogens (tertiary/aromatic N) is 2. The predicted molar refractivity (Wildman–Crippen MR) is 130 cm³/mol. The molecule has 8 heteroatoms. The average Bonchev–Trinajstić information content (AvgIpc) is 3.63. The lowest BCUT2D eigenvalue weighted by molar-refractivity contribution is -0.122. The van der Waals surface area contributed by atoms with Crippen LogP contribution in [0.1, 0.15) is 37.6 Å². The number of halogens is 3. The monoisotopic (exact) mass is 472 g/mol. The van der Waals surface area contributed by atoms with Crippen LogP contribution in [0, 0.1) is 11.8 Å². The van der Waals surface area contributed by atoms with Crippen LogP contribution in [0.2, 0.25) is 0 Å². The van der Waals surface area contributed by atoms with E-state index in [2.05, 4.69) is 41.1 Å². The first-order chi connectivity index (χ1) is 16.1. The molecule has 1 aromatic carbocycles. The number of carbonyl (C=O) groups excluding carboxylic acids is 1. The second-order valence-electron chi connectivity index (χ2n) is 9.47. The molecule has 2 fully saturated rings. The van der Waals surface area contributed by atoms with Crippen LogP contribution in [0.3, 0.4) is 0 Å². The van der Waals surface area contributed by atoms with Crippen molar-refractivity contribution >= 4 is 34.0 Å². The number of amides is 1. The third kappa shape index (κ3) is 5.60. The van der Waals surface area contributed by atoms with Crippen LogP contribution in [-0.2, 0) is 4.79 Å². The van der Waals surface area contributed by atoms with Gasteiger partial charge in [0.15, 0.2) is 0 Å². The Labute approximate surface area is 198 Å². The molecule has 2 heterocycles. The highest BCUT2D eigenvalue weighted by Gasteiger charge is 2.35. The van der Waals surface area contributed by atoms with Crippen LogP contribution >= 0.6 is 0 Å². The van der Waals surface area contributed by atoms with E-state index in [4.69, 9.17) is 0 Å². The Hall–Kier alpha value is -2.87. The lowest BCUT2D eigenvalue weighted by Crippen LogP contribution is -2.43. The molecule has 1 saturated heterocycles. The molecule has 182 valence electrons. The summed E-state index contributed by atoms with van der Waals surface area (Å²) < 4.78 is 40.8. The summed E-state index contributed by atoms with van der Waals surface area (Å²) in [5.74, 6) is 0.514. The zero-order valence-corrected chi connectivity index (χ0v) is 19.6. The van der Waals surface area contributed by atoms with Gasteiger partial charge in [0.25, 0.3) is 0 Å². The Kier molecular flexibility index (Phi) is 6.98. The van der Waals surface area contributed by atoms with Crippen molar-refractivity contribution in [1.82, 2.24) is 15.2 Å². The van der Waals surface area contributed by atoms with Crippen molar-refractivity contribution in [3.63, 3.8) is 0 Å². The summed E-state index contributed by atoms with van der Waals surface area (Å²) in [6.45, 7) is 7.71. The van der Waals surface area contributed by atoms with E-state index in [9.17, 15) is 18.0 Å². The number of alkyl halides is 3. The van der Waals surface area contributed by atoms with Gasteiger partial charge in [0.1, 0.15) is 0 Å². The van der Waals surface area contributed by atoms with Gasteiger partial charge >= 0.3 is 6.18 Å². The number of benzene rings is 1. The third-order valence-corrected chi connectivity index (χ3v) is 6.60. The Morgan fingerprint density at radius 2 is 2.03 bits per heavy atom. The molecule has 1 aliphatic carbocycles. The molecule has 2 aliphatic rings. The standard InChI is InChI=1S/C26H31F3N4O/c1-16-15-33(3)13-11-22(16)32-23-8-4-7-20-21(23)14-19(31-24(20)17(2)26(27,28)29)6-5-12-30-25(34)18-9-10-18/h4-8,14,16,18,22,32H,2,9-13,15H2,1,3H3,(H,30,34)/b6-5+/t16-,22-/m1/s1. The van der Waals surface area contributed by atoms with Crippen LogP contribution < -0.4 is 10.6 Å². The first kappa shape index (κ1) is 24.3. The summed E-state index contributed by atoms with van der Waals surface area (Å²) in [4.78, 5) is 18.4. The van der Waals surface area contributed by atoms with E-state index < -0.39 is 11.7 Å². The SMILES string of the molecule is C=C(c1nc(/C=C/CNC(=O)C2CC2)cc2c(N[C@@H]3CCN(C)C[C@H]3C)cccc12)C(F)(F)F. The summed E-state index contributed by atoms with van der Waals surface area (Å²) in [6.07, 6.45) is 1.55. The van der Waals surface area contributed by atoms with Gasteiger partial charge < -0.3 is 15.5 Å². The van der Waals surface area contributed by atoms with Crippen molar-refractivity contribution in [2.75, 3.05) is 32.0 Å². The molecule has 1 amide bonds. The van der Waals surface area contributed by atoms with E-state index in [1.807, 2.05) is 6.07 Å². The summed E-state index contributed by atoms with van der Waals surface area (Å²) in [5, 5.41) is 7.48. The molecule has 34 heavy (non-hydrogen) atoms. The maximum atomic E-state index is 13.6. The fraction of sp³-hybridized carbons (Fsp3) is 0.462. The quantitative estimate of drug-likeness (QED) is 0.589. The van der Waals surface area contributed by atoms with E-state index in [0.29, 0.717) is 28.9 Å². The first-order valence-corrected chi connectivity index (χ1v) is 11.7. The van der Waals surface area contributed by atoms with E-state index in [0.717, 1.165) is 38.0 Å². The summed E-state index contributed by atoms with van der Waals surface area (Å²) in [7, 11) is 2.09. The highest BCUT2D eigenvalue weighted by Crippen LogP contribution is 2.37. The molecule has 0 spiro atoms. The van der Waals surface area contributed by atoms with Crippen molar-refractivity contribution in [3.8, 4) is 0 Å². The molecule has 1 aromatic heterocycles. The highest BCUT2D eigenvalue weighted by atomic mass is 19.4. The Morgan fingerprint density at radius 1 is 1.26 bits per heavy atom. The smallest absolute Gasteiger partial charge is 0.381 e. The Balaban J connectivity index is 1.66. The number of hydrogen-bond acceptors (Lipinski definition) is 4. The Bertz CT molecular complexity index is 1110. The molecule has 2 aromatic rings. The molecule has 1 saturated carbocycles. The van der Waals surface area contributed by atoms with Crippen LogP contribution in [-0.4, -0.2) is 54.7 Å². The van der Waals surface area contributed by atoms with Crippen molar-refractivity contribution < 1.29 is 18.0 Å². The van der Waals surface area contributed by atoms with Gasteiger partial charge in [0.2, 0.25) is 5.91 Å². The normalized spacial score (nSPS) is 21.7. The predicted octanol–water partition coefficient (Wildman–Crippen LogP) is 5.10. The van der Waals surface area contributed by atoms with Crippen LogP contribution in [0.15, 0.2) is 36.9 Å². The van der Waals surface area contributed by atoms with Crippen LogP contribution in [0.4, 0.5) is 18.9 Å². The highest BCUT2D eigenvalue weighted by molar-refractivity contribution is 6.00. The maximum Gasteiger partial charge on any atom is 0.417 e. The minimum atomic E-state index is -4.59. The van der Waals surface area contributed by atoms with Gasteiger partial charge in [-0.15, -0.1) is 0 Å². The molecule has 0 radical (unpaired) electrons. The number of anilines is 1. The number of piperidine rings is 1. The van der Waals surface area contributed by atoms with Gasteiger partial charge in [0.05, 0.1) is 17.0 Å². The first-order valence-electron chi connectivity index (χ1n) is 11.7. The molecule has 5 nitrogen and oxygen atoms in total. The molecular formula is C26H31F3N4O. The van der Waals surface area contributed by atoms with Gasteiger partial charge in [-0.2, -0.15) is 13.2 Å². The maximum absolute atomic E-state index is 13.6. The fourth-order valence-corrected chi connectivity index (χ4v) is 4.47. The summed E-state index contributed by atoms with van der Waals surface area (Å²) >= 11 is 0. The average molecular weight is 473 g/mol. The van der Waals surface area contributed by atoms with Crippen LogP contribution in [0.25, 0.3) is 22.4 Å². The lowest BCUT2D eigenvalue weighted by atomic mass is 9.93. The number of hydrogen-bond donors (Lipinski definition) is 2. The van der Waals surface area contributed by atoms with E-state index in [-0.39, 0.29) is 23.6 Å². The zero-order valence-electron chi connectivity index (χ0n) is 19.6. The third-order valence-electron chi connectivity index (χ3n) is 6.60. The number of pyridine rings is 1. The Morgan fingerprint density at radius 3 is 2.71 bits per heavy atom. The van der Waals surface area contributed by atoms with Crippen molar-refractivity contribution in [3.05, 3.63) is 48.3 Å². The molecule has 2 atom stereocenters. The number of carbonyl (C=O) groups is 1. The minimum absolute atomic E-state index is 0.0148. The molecule has 0 unspecified atom stereocenters. The number of allylic oxidation sites excluding steroid dienone is 1. The number of rotatable bonds is 7. The summed E-state index contributed by atoms with van der Waals surface area (Å²) in [5.41, 5.74) is 0.0276. The molecular weight excluding hydrogens is 441 g/mol.